The number of hydrogen-bond donors (Lipinski definition) is 2. The lowest BCUT2D eigenvalue weighted by molar-refractivity contribution is 0.101. The largest absolute Gasteiger partial charge is 0.340 e. The lowest BCUT2D eigenvalue weighted by atomic mass is 10.1. The third-order valence-corrected chi connectivity index (χ3v) is 2.90. The molecule has 0 aliphatic heterocycles. The monoisotopic (exact) mass is 308 g/mol. The summed E-state index contributed by atoms with van der Waals surface area (Å²) in [6.45, 7) is 3.23. The van der Waals surface area contributed by atoms with Gasteiger partial charge >= 0.3 is 6.03 Å². The molecule has 8 heteroatoms. The van der Waals surface area contributed by atoms with E-state index >= 15 is 0 Å². The Morgan fingerprint density at radius 2 is 2.14 bits per heavy atom. The van der Waals surface area contributed by atoms with Gasteiger partial charge in [-0.2, -0.15) is 4.98 Å². The van der Waals surface area contributed by atoms with Crippen molar-refractivity contribution >= 4 is 29.1 Å². The van der Waals surface area contributed by atoms with Crippen LogP contribution in [0.5, 0.6) is 0 Å². The molecule has 110 valence electrons. The number of rotatable bonds is 4. The summed E-state index contributed by atoms with van der Waals surface area (Å²) in [6, 6.07) is 4.23. The quantitative estimate of drug-likeness (QED) is 0.846. The fraction of sp³-hybridized carbons (Fsp3) is 0.231. The van der Waals surface area contributed by atoms with Crippen LogP contribution in [0.25, 0.3) is 0 Å². The highest BCUT2D eigenvalue weighted by molar-refractivity contribution is 6.34. The first-order valence-electron chi connectivity index (χ1n) is 6.10. The van der Waals surface area contributed by atoms with Gasteiger partial charge in [0.05, 0.1) is 11.6 Å². The molecule has 7 nitrogen and oxygen atoms in total. The van der Waals surface area contributed by atoms with E-state index in [2.05, 4.69) is 20.8 Å². The summed E-state index contributed by atoms with van der Waals surface area (Å²) in [7, 11) is 0. The Labute approximate surface area is 125 Å². The molecule has 0 saturated heterocycles. The third-order valence-electron chi connectivity index (χ3n) is 2.58. The third kappa shape index (κ3) is 4.03. The number of aryl methyl sites for hydroxylation is 1. The molecule has 0 aliphatic rings. The number of carbonyl (C=O) groups excluding carboxylic acids is 2. The second-order valence-electron chi connectivity index (χ2n) is 4.29. The van der Waals surface area contributed by atoms with Gasteiger partial charge < -0.3 is 15.2 Å². The minimum atomic E-state index is -0.441. The number of nitrogens with one attached hydrogen (secondary N) is 2. The number of urea groups is 1. The minimum absolute atomic E-state index is 0.136. The average Bonchev–Trinajstić information content (AvgIpc) is 2.82. The SMILES string of the molecule is CC(=O)c1ccc(NC(=O)NCc2noc(C)n2)cc1Cl. The first kappa shape index (κ1) is 15.0. The average molecular weight is 309 g/mol. The summed E-state index contributed by atoms with van der Waals surface area (Å²) in [4.78, 5) is 26.9. The molecule has 0 atom stereocenters. The number of hydrogen-bond acceptors (Lipinski definition) is 5. The number of carbonyl (C=O) groups is 2. The molecule has 2 rings (SSSR count). The highest BCUT2D eigenvalue weighted by Gasteiger charge is 2.09. The van der Waals surface area contributed by atoms with E-state index in [-0.39, 0.29) is 17.4 Å². The highest BCUT2D eigenvalue weighted by Crippen LogP contribution is 2.21. The summed E-state index contributed by atoms with van der Waals surface area (Å²) in [6.07, 6.45) is 0. The van der Waals surface area contributed by atoms with Crippen LogP contribution < -0.4 is 10.6 Å². The molecule has 1 aromatic heterocycles. The normalized spacial score (nSPS) is 10.2. The predicted octanol–water partition coefficient (Wildman–Crippen LogP) is 2.56. The van der Waals surface area contributed by atoms with E-state index < -0.39 is 6.03 Å². The van der Waals surface area contributed by atoms with Crippen LogP contribution >= 0.6 is 11.6 Å². The van der Waals surface area contributed by atoms with Crippen LogP contribution in [-0.4, -0.2) is 22.0 Å². The van der Waals surface area contributed by atoms with Gasteiger partial charge in [-0.05, 0) is 25.1 Å². The van der Waals surface area contributed by atoms with Gasteiger partial charge in [-0.25, -0.2) is 4.79 Å². The minimum Gasteiger partial charge on any atom is -0.340 e. The maximum atomic E-state index is 11.7. The zero-order valence-electron chi connectivity index (χ0n) is 11.4. The molecule has 0 saturated carbocycles. The van der Waals surface area contributed by atoms with Crippen molar-refractivity contribution in [3.63, 3.8) is 0 Å². The second kappa shape index (κ2) is 6.36. The molecule has 2 aromatic rings. The van der Waals surface area contributed by atoms with Crippen molar-refractivity contribution < 1.29 is 14.1 Å². The van der Waals surface area contributed by atoms with Crippen LogP contribution in [0.4, 0.5) is 10.5 Å². The topological polar surface area (TPSA) is 97.1 Å². The molecular formula is C13H13ClN4O3. The maximum Gasteiger partial charge on any atom is 0.319 e. The first-order chi connectivity index (χ1) is 9.95. The molecule has 0 spiro atoms. The summed E-state index contributed by atoms with van der Waals surface area (Å²) in [5.41, 5.74) is 0.886. The molecular weight excluding hydrogens is 296 g/mol. The number of aromatic nitrogens is 2. The lowest BCUT2D eigenvalue weighted by Crippen LogP contribution is -2.28. The van der Waals surface area contributed by atoms with E-state index in [0.29, 0.717) is 23.0 Å². The number of halogens is 1. The van der Waals surface area contributed by atoms with Gasteiger partial charge in [0.15, 0.2) is 11.6 Å². The molecule has 0 fully saturated rings. The fourth-order valence-electron chi connectivity index (χ4n) is 1.63. The van der Waals surface area contributed by atoms with E-state index in [1.54, 1.807) is 19.1 Å². The number of Topliss-reactive ketones (excluding diaryl/α,β-unsaturated/α-hetero) is 1. The van der Waals surface area contributed by atoms with Gasteiger partial charge in [-0.3, -0.25) is 4.79 Å². The van der Waals surface area contributed by atoms with Crippen molar-refractivity contribution in [2.24, 2.45) is 0 Å². The molecule has 0 aliphatic carbocycles. The first-order valence-corrected chi connectivity index (χ1v) is 6.48. The van der Waals surface area contributed by atoms with Gasteiger partial charge in [-0.15, -0.1) is 0 Å². The Kier molecular flexibility index (Phi) is 4.54. The summed E-state index contributed by atoms with van der Waals surface area (Å²) in [5.74, 6) is 0.676. The zero-order valence-corrected chi connectivity index (χ0v) is 12.2. The molecule has 0 radical (unpaired) electrons. The Morgan fingerprint density at radius 3 is 2.71 bits per heavy atom. The second-order valence-corrected chi connectivity index (χ2v) is 4.70. The van der Waals surface area contributed by atoms with Gasteiger partial charge in [0, 0.05) is 18.2 Å². The number of amides is 2. The van der Waals surface area contributed by atoms with Gasteiger partial charge in [0.25, 0.3) is 0 Å². The number of nitrogens with zero attached hydrogens (tertiary/aromatic N) is 2. The van der Waals surface area contributed by atoms with E-state index in [1.165, 1.54) is 13.0 Å². The van der Waals surface area contributed by atoms with E-state index in [0.717, 1.165) is 0 Å². The maximum absolute atomic E-state index is 11.7. The summed E-state index contributed by atoms with van der Waals surface area (Å²) >= 11 is 5.96. The fourth-order valence-corrected chi connectivity index (χ4v) is 1.94. The van der Waals surface area contributed by atoms with Crippen LogP contribution in [0.2, 0.25) is 5.02 Å². The van der Waals surface area contributed by atoms with E-state index in [1.807, 2.05) is 0 Å². The molecule has 2 amide bonds. The van der Waals surface area contributed by atoms with Gasteiger partial charge in [0.1, 0.15) is 0 Å². The van der Waals surface area contributed by atoms with Crippen molar-refractivity contribution in [2.75, 3.05) is 5.32 Å². The smallest absolute Gasteiger partial charge is 0.319 e. The van der Waals surface area contributed by atoms with Crippen molar-refractivity contribution in [3.05, 3.63) is 40.5 Å². The Bertz CT molecular complexity index is 684. The van der Waals surface area contributed by atoms with Crippen LogP contribution in [0.15, 0.2) is 22.7 Å². The predicted molar refractivity (Wildman–Crippen MR) is 76.3 cm³/mol. The van der Waals surface area contributed by atoms with Crippen molar-refractivity contribution in [3.8, 4) is 0 Å². The number of ketones is 1. The number of anilines is 1. The number of benzene rings is 1. The molecule has 0 unspecified atom stereocenters. The summed E-state index contributed by atoms with van der Waals surface area (Å²) in [5, 5.41) is 9.11. The van der Waals surface area contributed by atoms with Gasteiger partial charge in [-0.1, -0.05) is 16.8 Å². The van der Waals surface area contributed by atoms with Crippen LogP contribution in [-0.2, 0) is 6.54 Å². The van der Waals surface area contributed by atoms with Gasteiger partial charge in [0.2, 0.25) is 5.89 Å². The Morgan fingerprint density at radius 1 is 1.38 bits per heavy atom. The van der Waals surface area contributed by atoms with Crippen molar-refractivity contribution in [1.82, 2.24) is 15.5 Å². The Hall–Kier alpha value is -2.41. The summed E-state index contributed by atoms with van der Waals surface area (Å²) < 4.78 is 4.78. The lowest BCUT2D eigenvalue weighted by Gasteiger charge is -2.07. The van der Waals surface area contributed by atoms with Crippen molar-refractivity contribution in [2.45, 2.75) is 20.4 Å². The van der Waals surface area contributed by atoms with Crippen LogP contribution in [0.1, 0.15) is 29.0 Å². The van der Waals surface area contributed by atoms with E-state index in [4.69, 9.17) is 16.1 Å². The molecule has 1 heterocycles. The molecule has 2 N–H and O–H groups in total. The highest BCUT2D eigenvalue weighted by atomic mass is 35.5. The molecule has 21 heavy (non-hydrogen) atoms. The Balaban J connectivity index is 1.93. The molecule has 0 bridgehead atoms. The molecule has 1 aromatic carbocycles. The van der Waals surface area contributed by atoms with Crippen LogP contribution in [0.3, 0.4) is 0 Å². The zero-order chi connectivity index (χ0) is 15.4. The standard InChI is InChI=1S/C13H13ClN4O3/c1-7(19)10-4-3-9(5-11(10)14)17-13(20)15-6-12-16-8(2)21-18-12/h3-5H,6H2,1-2H3,(H2,15,17,20). The van der Waals surface area contributed by atoms with Crippen LogP contribution in [0, 0.1) is 6.92 Å². The van der Waals surface area contributed by atoms with Crippen molar-refractivity contribution in [1.29, 1.82) is 0 Å². The van der Waals surface area contributed by atoms with E-state index in [9.17, 15) is 9.59 Å².